The highest BCUT2D eigenvalue weighted by molar-refractivity contribution is 7.99. The van der Waals surface area contributed by atoms with Crippen molar-refractivity contribution in [3.8, 4) is 5.75 Å². The third-order valence-corrected chi connectivity index (χ3v) is 4.28. The first-order valence-corrected chi connectivity index (χ1v) is 7.59. The molecule has 0 amide bonds. The normalized spacial score (nSPS) is 22.4. The molecule has 0 aromatic heterocycles. The molecule has 2 atom stereocenters. The standard InChI is InChI=1S/C14H19NO3S/c1-2-3-8-18-14(17)11-9-19-13(15-11)10-6-4-5-7-12(10)16/h4-7,11,13,15-16H,2-3,8-9H2,1H3/t11-,13?/m0/s1. The number of benzene rings is 1. The quantitative estimate of drug-likeness (QED) is 0.641. The molecule has 19 heavy (non-hydrogen) atoms. The number of hydrogen-bond donors (Lipinski definition) is 2. The number of carbonyl (C=O) groups excluding carboxylic acids is 1. The molecule has 0 bridgehead atoms. The molecule has 0 spiro atoms. The van der Waals surface area contributed by atoms with Gasteiger partial charge in [-0.2, -0.15) is 0 Å². The topological polar surface area (TPSA) is 58.6 Å². The van der Waals surface area contributed by atoms with E-state index in [1.807, 2.05) is 12.1 Å². The van der Waals surface area contributed by atoms with E-state index in [0.29, 0.717) is 12.4 Å². The summed E-state index contributed by atoms with van der Waals surface area (Å²) in [5.74, 6) is 0.732. The van der Waals surface area contributed by atoms with Gasteiger partial charge in [0.2, 0.25) is 0 Å². The second-order valence-electron chi connectivity index (χ2n) is 4.51. The van der Waals surface area contributed by atoms with E-state index in [1.54, 1.807) is 23.9 Å². The predicted octanol–water partition coefficient (Wildman–Crippen LogP) is 2.44. The van der Waals surface area contributed by atoms with Crippen LogP contribution < -0.4 is 5.32 Å². The van der Waals surface area contributed by atoms with Gasteiger partial charge in [-0.15, -0.1) is 11.8 Å². The molecule has 1 aliphatic heterocycles. The average molecular weight is 281 g/mol. The van der Waals surface area contributed by atoms with Gasteiger partial charge in [0, 0.05) is 11.3 Å². The zero-order valence-corrected chi connectivity index (χ0v) is 11.8. The second-order valence-corrected chi connectivity index (χ2v) is 5.65. The van der Waals surface area contributed by atoms with Gasteiger partial charge in [0.25, 0.3) is 0 Å². The maximum Gasteiger partial charge on any atom is 0.324 e. The van der Waals surface area contributed by atoms with E-state index in [4.69, 9.17) is 4.74 Å². The molecular weight excluding hydrogens is 262 g/mol. The lowest BCUT2D eigenvalue weighted by molar-refractivity contribution is -0.145. The number of phenolic OH excluding ortho intramolecular Hbond substituents is 1. The van der Waals surface area contributed by atoms with Crippen LogP contribution in [-0.2, 0) is 9.53 Å². The number of nitrogens with one attached hydrogen (secondary N) is 1. The molecule has 0 radical (unpaired) electrons. The molecule has 1 aliphatic rings. The molecule has 1 aromatic rings. The zero-order chi connectivity index (χ0) is 13.7. The Labute approximate surface area is 117 Å². The molecular formula is C14H19NO3S. The summed E-state index contributed by atoms with van der Waals surface area (Å²) in [7, 11) is 0. The van der Waals surface area contributed by atoms with Crippen LogP contribution in [-0.4, -0.2) is 29.5 Å². The summed E-state index contributed by atoms with van der Waals surface area (Å²) in [4.78, 5) is 11.8. The third kappa shape index (κ3) is 3.64. The van der Waals surface area contributed by atoms with E-state index in [2.05, 4.69) is 12.2 Å². The summed E-state index contributed by atoms with van der Waals surface area (Å²) in [5, 5.41) is 13.0. The van der Waals surface area contributed by atoms with Crippen molar-refractivity contribution in [1.82, 2.24) is 5.32 Å². The molecule has 2 N–H and O–H groups in total. The molecule has 0 saturated carbocycles. The molecule has 0 aliphatic carbocycles. The Hall–Kier alpha value is -1.20. The maximum absolute atomic E-state index is 11.8. The van der Waals surface area contributed by atoms with Gasteiger partial charge in [0.05, 0.1) is 12.0 Å². The lowest BCUT2D eigenvalue weighted by Gasteiger charge is -2.14. The van der Waals surface area contributed by atoms with Gasteiger partial charge < -0.3 is 9.84 Å². The molecule has 1 fully saturated rings. The number of ether oxygens (including phenoxy) is 1. The third-order valence-electron chi connectivity index (χ3n) is 3.03. The lowest BCUT2D eigenvalue weighted by atomic mass is 10.2. The van der Waals surface area contributed by atoms with Crippen LogP contribution >= 0.6 is 11.8 Å². The SMILES string of the molecule is CCCCOC(=O)[C@@H]1CSC(c2ccccc2O)N1. The van der Waals surface area contributed by atoms with Crippen LogP contribution in [0.15, 0.2) is 24.3 Å². The van der Waals surface area contributed by atoms with Crippen LogP contribution in [0.2, 0.25) is 0 Å². The van der Waals surface area contributed by atoms with E-state index in [-0.39, 0.29) is 23.1 Å². The lowest BCUT2D eigenvalue weighted by Crippen LogP contribution is -2.35. The summed E-state index contributed by atoms with van der Waals surface area (Å²) < 4.78 is 5.20. The van der Waals surface area contributed by atoms with Gasteiger partial charge in [0.1, 0.15) is 11.8 Å². The molecule has 5 heteroatoms. The zero-order valence-electron chi connectivity index (χ0n) is 11.0. The molecule has 1 saturated heterocycles. The highest BCUT2D eigenvalue weighted by Gasteiger charge is 2.32. The molecule has 2 rings (SSSR count). The minimum Gasteiger partial charge on any atom is -0.508 e. The summed E-state index contributed by atoms with van der Waals surface area (Å²) in [6, 6.07) is 6.90. The fraction of sp³-hybridized carbons (Fsp3) is 0.500. The number of hydrogen-bond acceptors (Lipinski definition) is 5. The molecule has 1 unspecified atom stereocenters. The monoisotopic (exact) mass is 281 g/mol. The average Bonchev–Trinajstić information content (AvgIpc) is 2.89. The number of carbonyl (C=O) groups is 1. The fourth-order valence-electron chi connectivity index (χ4n) is 1.91. The summed E-state index contributed by atoms with van der Waals surface area (Å²) in [5.41, 5.74) is 0.816. The first-order valence-electron chi connectivity index (χ1n) is 6.54. The van der Waals surface area contributed by atoms with Gasteiger partial charge in [-0.05, 0) is 12.5 Å². The van der Waals surface area contributed by atoms with Crippen molar-refractivity contribution in [3.63, 3.8) is 0 Å². The van der Waals surface area contributed by atoms with Crippen molar-refractivity contribution in [2.75, 3.05) is 12.4 Å². The number of para-hydroxylation sites is 1. The van der Waals surface area contributed by atoms with Crippen molar-refractivity contribution in [3.05, 3.63) is 29.8 Å². The Morgan fingerprint density at radius 3 is 3.05 bits per heavy atom. The minimum atomic E-state index is -0.286. The van der Waals surface area contributed by atoms with E-state index >= 15 is 0 Å². The number of phenols is 1. The molecule has 4 nitrogen and oxygen atoms in total. The first kappa shape index (κ1) is 14.2. The van der Waals surface area contributed by atoms with Crippen molar-refractivity contribution < 1.29 is 14.6 Å². The van der Waals surface area contributed by atoms with Crippen molar-refractivity contribution in [2.24, 2.45) is 0 Å². The van der Waals surface area contributed by atoms with Gasteiger partial charge >= 0.3 is 5.97 Å². The van der Waals surface area contributed by atoms with Crippen molar-refractivity contribution in [1.29, 1.82) is 0 Å². The Kier molecular flexibility index (Phi) is 5.10. The maximum atomic E-state index is 11.8. The number of thioether (sulfide) groups is 1. The minimum absolute atomic E-state index is 0.0510. The summed E-state index contributed by atoms with van der Waals surface area (Å²) in [6.07, 6.45) is 1.91. The van der Waals surface area contributed by atoms with E-state index in [1.165, 1.54) is 0 Å². The summed E-state index contributed by atoms with van der Waals surface area (Å²) in [6.45, 7) is 2.55. The number of aromatic hydroxyl groups is 1. The Morgan fingerprint density at radius 2 is 2.32 bits per heavy atom. The first-order chi connectivity index (χ1) is 9.22. The number of unbranched alkanes of at least 4 members (excludes halogenated alkanes) is 1. The van der Waals surface area contributed by atoms with E-state index in [9.17, 15) is 9.90 Å². The number of rotatable bonds is 5. The van der Waals surface area contributed by atoms with Crippen LogP contribution in [0.1, 0.15) is 30.7 Å². The highest BCUT2D eigenvalue weighted by atomic mass is 32.2. The highest BCUT2D eigenvalue weighted by Crippen LogP contribution is 2.37. The Balaban J connectivity index is 1.89. The van der Waals surface area contributed by atoms with Gasteiger partial charge in [-0.25, -0.2) is 0 Å². The number of esters is 1. The second kappa shape index (κ2) is 6.82. The van der Waals surface area contributed by atoms with Gasteiger partial charge in [-0.3, -0.25) is 10.1 Å². The molecule has 1 aromatic carbocycles. The molecule has 104 valence electrons. The van der Waals surface area contributed by atoms with Crippen LogP contribution in [0.4, 0.5) is 0 Å². The predicted molar refractivity (Wildman–Crippen MR) is 76.1 cm³/mol. The van der Waals surface area contributed by atoms with Crippen molar-refractivity contribution >= 4 is 17.7 Å². The van der Waals surface area contributed by atoms with Crippen LogP contribution in [0.25, 0.3) is 0 Å². The van der Waals surface area contributed by atoms with E-state index in [0.717, 1.165) is 18.4 Å². The largest absolute Gasteiger partial charge is 0.508 e. The van der Waals surface area contributed by atoms with E-state index < -0.39 is 0 Å². The Bertz CT molecular complexity index is 438. The summed E-state index contributed by atoms with van der Waals surface area (Å²) >= 11 is 1.61. The van der Waals surface area contributed by atoms with Crippen LogP contribution in [0, 0.1) is 0 Å². The van der Waals surface area contributed by atoms with Crippen LogP contribution in [0.3, 0.4) is 0 Å². The Morgan fingerprint density at radius 1 is 1.53 bits per heavy atom. The smallest absolute Gasteiger partial charge is 0.324 e. The van der Waals surface area contributed by atoms with Crippen LogP contribution in [0.5, 0.6) is 5.75 Å². The van der Waals surface area contributed by atoms with Crippen molar-refractivity contribution in [2.45, 2.75) is 31.2 Å². The van der Waals surface area contributed by atoms with Gasteiger partial charge in [-0.1, -0.05) is 31.5 Å². The van der Waals surface area contributed by atoms with Gasteiger partial charge in [0.15, 0.2) is 0 Å². The molecule has 1 heterocycles. The fourth-order valence-corrected chi connectivity index (χ4v) is 3.17.